The lowest BCUT2D eigenvalue weighted by Gasteiger charge is -2.45. The highest BCUT2D eigenvalue weighted by Crippen LogP contribution is 2.35. The molecule has 1 saturated heterocycles. The van der Waals surface area contributed by atoms with E-state index in [9.17, 15) is 9.59 Å². The fourth-order valence-electron chi connectivity index (χ4n) is 5.28. The number of aromatic nitrogens is 2. The predicted octanol–water partition coefficient (Wildman–Crippen LogP) is 4.92. The van der Waals surface area contributed by atoms with E-state index in [1.807, 2.05) is 52.8 Å². The molecule has 0 saturated carbocycles. The maximum absolute atomic E-state index is 13.3. The fraction of sp³-hybridized carbons (Fsp3) is 0.469. The number of nitrogen functional groups attached to an aromatic ring is 1. The predicted molar refractivity (Wildman–Crippen MR) is 171 cm³/mol. The molecule has 12 heteroatoms. The number of rotatable bonds is 8. The lowest BCUT2D eigenvalue weighted by Crippen LogP contribution is -2.59. The summed E-state index contributed by atoms with van der Waals surface area (Å²) in [6.07, 6.45) is 1.30. The molecule has 2 heterocycles. The molecule has 3 aromatic rings. The third kappa shape index (κ3) is 7.19. The molecule has 12 nitrogen and oxygen atoms in total. The lowest BCUT2D eigenvalue weighted by molar-refractivity contribution is 0.00563. The highest BCUT2D eigenvalue weighted by atomic mass is 16.7. The number of nitrogens with two attached hydrogens (primary N) is 1. The SMILES string of the molecule is CCOC(=O)c1nc(-c2cc(C=NC)c(N)cc2OCOC)nc2ccc(N3C[C@@H](C)N(C(=O)OC(C)(C)C)[C@@H](C)C3)cc12. The summed E-state index contributed by atoms with van der Waals surface area (Å²) < 4.78 is 22.0. The average Bonchev–Trinajstić information content (AvgIpc) is 2.95. The molecular weight excluding hydrogens is 564 g/mol. The second-order valence-corrected chi connectivity index (χ2v) is 11.7. The number of hydrogen-bond donors (Lipinski definition) is 1. The quantitative estimate of drug-likeness (QED) is 0.162. The first-order valence-corrected chi connectivity index (χ1v) is 14.6. The Balaban J connectivity index is 1.77. The molecule has 0 spiro atoms. The zero-order valence-corrected chi connectivity index (χ0v) is 26.7. The Morgan fingerprint density at radius 2 is 1.82 bits per heavy atom. The first kappa shape index (κ1) is 32.5. The average molecular weight is 607 g/mol. The number of fused-ring (bicyclic) bond motifs is 1. The van der Waals surface area contributed by atoms with Crippen molar-refractivity contribution in [1.82, 2.24) is 14.9 Å². The van der Waals surface area contributed by atoms with Crippen molar-refractivity contribution in [2.75, 3.05) is 51.3 Å². The summed E-state index contributed by atoms with van der Waals surface area (Å²) in [5.74, 6) is 0.0903. The van der Waals surface area contributed by atoms with E-state index < -0.39 is 11.6 Å². The highest BCUT2D eigenvalue weighted by molar-refractivity contribution is 6.03. The van der Waals surface area contributed by atoms with E-state index in [1.54, 1.807) is 37.2 Å². The van der Waals surface area contributed by atoms with Gasteiger partial charge in [0.05, 0.1) is 29.8 Å². The number of benzene rings is 2. The summed E-state index contributed by atoms with van der Waals surface area (Å²) in [5, 5.41) is 0.546. The van der Waals surface area contributed by atoms with Crippen molar-refractivity contribution < 1.29 is 28.5 Å². The van der Waals surface area contributed by atoms with Crippen molar-refractivity contribution in [1.29, 1.82) is 0 Å². The molecule has 1 aliphatic rings. The fourth-order valence-corrected chi connectivity index (χ4v) is 5.28. The highest BCUT2D eigenvalue weighted by Gasteiger charge is 2.36. The first-order valence-electron chi connectivity index (χ1n) is 14.6. The van der Waals surface area contributed by atoms with Gasteiger partial charge in [-0.3, -0.25) is 9.89 Å². The summed E-state index contributed by atoms with van der Waals surface area (Å²) >= 11 is 0. The number of nitrogens with zero attached hydrogens (tertiary/aromatic N) is 5. The van der Waals surface area contributed by atoms with Gasteiger partial charge in [0.1, 0.15) is 11.4 Å². The summed E-state index contributed by atoms with van der Waals surface area (Å²) in [6, 6.07) is 8.92. The molecule has 44 heavy (non-hydrogen) atoms. The van der Waals surface area contributed by atoms with Crippen LogP contribution in [0.25, 0.3) is 22.3 Å². The molecule has 1 aromatic heterocycles. The van der Waals surface area contributed by atoms with Gasteiger partial charge in [-0.15, -0.1) is 0 Å². The van der Waals surface area contributed by atoms with Gasteiger partial charge in [-0.1, -0.05) is 0 Å². The van der Waals surface area contributed by atoms with E-state index in [1.165, 1.54) is 7.11 Å². The number of methoxy groups -OCH3 is 1. The maximum Gasteiger partial charge on any atom is 0.410 e. The zero-order chi connectivity index (χ0) is 32.2. The molecule has 1 fully saturated rings. The minimum absolute atomic E-state index is 0.0205. The molecule has 0 unspecified atom stereocenters. The summed E-state index contributed by atoms with van der Waals surface area (Å²) in [7, 11) is 3.17. The van der Waals surface area contributed by atoms with Crippen molar-refractivity contribution in [3.05, 3.63) is 41.6 Å². The second kappa shape index (κ2) is 13.5. The van der Waals surface area contributed by atoms with E-state index >= 15 is 0 Å². The number of hydrogen-bond acceptors (Lipinski definition) is 11. The normalized spacial score (nSPS) is 17.3. The van der Waals surface area contributed by atoms with Gasteiger partial charge in [-0.25, -0.2) is 19.6 Å². The minimum Gasteiger partial charge on any atom is -0.467 e. The van der Waals surface area contributed by atoms with Crippen LogP contribution in [0.1, 0.15) is 57.6 Å². The largest absolute Gasteiger partial charge is 0.467 e. The van der Waals surface area contributed by atoms with Crippen LogP contribution in [-0.4, -0.2) is 91.5 Å². The van der Waals surface area contributed by atoms with E-state index in [-0.39, 0.29) is 43.1 Å². The summed E-state index contributed by atoms with van der Waals surface area (Å²) in [6.45, 7) is 12.6. The van der Waals surface area contributed by atoms with Crippen LogP contribution >= 0.6 is 0 Å². The molecule has 1 aliphatic heterocycles. The van der Waals surface area contributed by atoms with Crippen molar-refractivity contribution in [3.8, 4) is 17.1 Å². The number of aliphatic imine (C=N–C) groups is 1. The molecular formula is C32H42N6O6. The Morgan fingerprint density at radius 3 is 2.43 bits per heavy atom. The van der Waals surface area contributed by atoms with Gasteiger partial charge in [-0.05, 0) is 65.8 Å². The molecule has 1 amide bonds. The second-order valence-electron chi connectivity index (χ2n) is 11.7. The molecule has 0 radical (unpaired) electrons. The van der Waals surface area contributed by atoms with Crippen LogP contribution in [-0.2, 0) is 14.2 Å². The first-order chi connectivity index (χ1) is 20.9. The monoisotopic (exact) mass is 606 g/mol. The molecule has 2 atom stereocenters. The Kier molecular flexibility index (Phi) is 9.93. The molecule has 0 bridgehead atoms. The van der Waals surface area contributed by atoms with Crippen molar-refractivity contribution in [2.24, 2.45) is 4.99 Å². The van der Waals surface area contributed by atoms with Gasteiger partial charge in [0.2, 0.25) is 0 Å². The molecule has 2 aromatic carbocycles. The van der Waals surface area contributed by atoms with Gasteiger partial charge in [0.25, 0.3) is 0 Å². The Labute approximate surface area is 258 Å². The van der Waals surface area contributed by atoms with Crippen LogP contribution < -0.4 is 15.4 Å². The van der Waals surface area contributed by atoms with Crippen LogP contribution in [0, 0.1) is 0 Å². The Hall–Kier alpha value is -4.45. The van der Waals surface area contributed by atoms with Gasteiger partial charge >= 0.3 is 12.1 Å². The van der Waals surface area contributed by atoms with Gasteiger partial charge in [-0.2, -0.15) is 0 Å². The van der Waals surface area contributed by atoms with Gasteiger partial charge in [0, 0.05) is 61.9 Å². The Bertz CT molecular complexity index is 1540. The maximum atomic E-state index is 13.3. The molecule has 4 rings (SSSR count). The smallest absolute Gasteiger partial charge is 0.410 e. The van der Waals surface area contributed by atoms with E-state index in [0.29, 0.717) is 46.6 Å². The third-order valence-corrected chi connectivity index (χ3v) is 7.06. The molecule has 236 valence electrons. The lowest BCUT2D eigenvalue weighted by atomic mass is 10.0. The number of esters is 1. The van der Waals surface area contributed by atoms with Crippen molar-refractivity contribution >= 4 is 40.6 Å². The van der Waals surface area contributed by atoms with Crippen molar-refractivity contribution in [2.45, 2.75) is 59.2 Å². The van der Waals surface area contributed by atoms with Crippen LogP contribution in [0.5, 0.6) is 5.75 Å². The minimum atomic E-state index is -0.581. The van der Waals surface area contributed by atoms with E-state index in [4.69, 9.17) is 34.6 Å². The standard InChI is InChI=1S/C32H42N6O6/c1-9-42-30(39)28-23-13-22(37-16-19(2)38(20(3)17-37)31(40)44-32(4,5)6)10-11-26(23)35-29(36-28)24-12-21(15-34-7)25(33)14-27(24)43-18-41-8/h10-15,19-20H,9,16-18,33H2,1-8H3/t19-,20+. The number of anilines is 2. The van der Waals surface area contributed by atoms with Gasteiger partial charge < -0.3 is 29.6 Å². The Morgan fingerprint density at radius 1 is 1.11 bits per heavy atom. The number of amides is 1. The molecule has 0 aliphatic carbocycles. The van der Waals surface area contributed by atoms with Crippen LogP contribution in [0.15, 0.2) is 35.3 Å². The van der Waals surface area contributed by atoms with Gasteiger partial charge in [0.15, 0.2) is 18.3 Å². The zero-order valence-electron chi connectivity index (χ0n) is 26.7. The van der Waals surface area contributed by atoms with E-state index in [2.05, 4.69) is 9.89 Å². The van der Waals surface area contributed by atoms with Crippen LogP contribution in [0.2, 0.25) is 0 Å². The molecule has 2 N–H and O–H groups in total. The number of carbonyl (C=O) groups excluding carboxylic acids is 2. The topological polar surface area (TPSA) is 142 Å². The summed E-state index contributed by atoms with van der Waals surface area (Å²) in [4.78, 5) is 43.8. The van der Waals surface area contributed by atoms with Crippen LogP contribution in [0.3, 0.4) is 0 Å². The van der Waals surface area contributed by atoms with Crippen LogP contribution in [0.4, 0.5) is 16.2 Å². The number of piperazine rings is 1. The number of carbonyl (C=O) groups is 2. The number of ether oxygens (including phenoxy) is 4. The van der Waals surface area contributed by atoms with Crippen molar-refractivity contribution in [3.63, 3.8) is 0 Å². The summed E-state index contributed by atoms with van der Waals surface area (Å²) in [5.41, 5.74) is 8.83. The van der Waals surface area contributed by atoms with E-state index in [0.717, 1.165) is 5.69 Å². The third-order valence-electron chi connectivity index (χ3n) is 7.06.